The number of hydrogen-bond donors (Lipinski definition) is 1. The molecule has 1 aromatic rings. The molecule has 3 atom stereocenters. The molecule has 0 bridgehead atoms. The molecule has 0 saturated carbocycles. The molecule has 2 amide bonds. The number of para-hydroxylation sites is 1. The van der Waals surface area contributed by atoms with Crippen molar-refractivity contribution < 1.29 is 14.3 Å². The van der Waals surface area contributed by atoms with Crippen molar-refractivity contribution in [3.63, 3.8) is 0 Å². The number of hydrogen-bond acceptors (Lipinski definition) is 3. The third kappa shape index (κ3) is 5.37. The van der Waals surface area contributed by atoms with Gasteiger partial charge in [-0.2, -0.15) is 0 Å². The molecule has 2 rings (SSSR count). The molecule has 0 saturated heterocycles. The topological polar surface area (TPSA) is 58.6 Å². The van der Waals surface area contributed by atoms with Crippen LogP contribution in [0.5, 0.6) is 5.75 Å². The average Bonchev–Trinajstić information content (AvgIpc) is 2.63. The molecule has 0 radical (unpaired) electrons. The molecule has 0 spiro atoms. The predicted molar refractivity (Wildman–Crippen MR) is 112 cm³/mol. The lowest BCUT2D eigenvalue weighted by Gasteiger charge is -2.33. The van der Waals surface area contributed by atoms with Gasteiger partial charge >= 0.3 is 0 Å². The monoisotopic (exact) mass is 386 g/mol. The van der Waals surface area contributed by atoms with E-state index in [-0.39, 0.29) is 29.9 Å². The van der Waals surface area contributed by atoms with Crippen LogP contribution in [0.4, 0.5) is 0 Å². The molecule has 0 unspecified atom stereocenters. The summed E-state index contributed by atoms with van der Waals surface area (Å²) in [6.45, 7) is 10.1. The highest BCUT2D eigenvalue weighted by Crippen LogP contribution is 2.24. The predicted octanol–water partition coefficient (Wildman–Crippen LogP) is 4.04. The second-order valence-electron chi connectivity index (χ2n) is 8.33. The highest BCUT2D eigenvalue weighted by molar-refractivity contribution is 5.99. The summed E-state index contributed by atoms with van der Waals surface area (Å²) < 4.78 is 6.06. The van der Waals surface area contributed by atoms with Gasteiger partial charge in [0.05, 0.1) is 11.7 Å². The first-order chi connectivity index (χ1) is 13.2. The maximum atomic E-state index is 13.2. The summed E-state index contributed by atoms with van der Waals surface area (Å²) in [7, 11) is 1.70. The van der Waals surface area contributed by atoms with E-state index in [0.29, 0.717) is 17.2 Å². The van der Waals surface area contributed by atoms with E-state index in [2.05, 4.69) is 31.3 Å². The molecule has 28 heavy (non-hydrogen) atoms. The summed E-state index contributed by atoms with van der Waals surface area (Å²) in [5.74, 6) is 0.523. The maximum absolute atomic E-state index is 13.2. The second-order valence-corrected chi connectivity index (χ2v) is 8.33. The molecule has 0 aromatic heterocycles. The fraction of sp³-hybridized carbons (Fsp3) is 0.565. The first-order valence-electron chi connectivity index (χ1n) is 10.2. The summed E-state index contributed by atoms with van der Waals surface area (Å²) in [5, 5.41) is 3.17. The van der Waals surface area contributed by atoms with Crippen molar-refractivity contribution in [2.24, 2.45) is 11.8 Å². The van der Waals surface area contributed by atoms with Crippen LogP contribution in [0.3, 0.4) is 0 Å². The minimum absolute atomic E-state index is 0.0165. The van der Waals surface area contributed by atoms with Gasteiger partial charge in [0.25, 0.3) is 5.91 Å². The van der Waals surface area contributed by atoms with Crippen LogP contribution >= 0.6 is 0 Å². The Labute approximate surface area is 169 Å². The molecular formula is C23H34N2O3. The van der Waals surface area contributed by atoms with E-state index >= 15 is 0 Å². The maximum Gasteiger partial charge on any atom is 0.258 e. The molecule has 1 aliphatic rings. The summed E-state index contributed by atoms with van der Waals surface area (Å²) in [6.07, 6.45) is 5.66. The largest absolute Gasteiger partial charge is 0.490 e. The third-order valence-corrected chi connectivity index (χ3v) is 5.24. The number of amides is 2. The zero-order valence-corrected chi connectivity index (χ0v) is 17.9. The summed E-state index contributed by atoms with van der Waals surface area (Å²) in [5.41, 5.74) is 0.483. The second kappa shape index (κ2) is 9.76. The number of carbonyl (C=O) groups excluding carboxylic acids is 2. The number of likely N-dealkylation sites (N-methyl/N-ethyl adjacent to an activating group) is 1. The van der Waals surface area contributed by atoms with Gasteiger partial charge < -0.3 is 15.0 Å². The number of nitrogens with one attached hydrogen (secondary N) is 1. The van der Waals surface area contributed by atoms with Crippen molar-refractivity contribution in [1.82, 2.24) is 10.2 Å². The van der Waals surface area contributed by atoms with E-state index in [0.717, 1.165) is 12.8 Å². The summed E-state index contributed by atoms with van der Waals surface area (Å²) >= 11 is 0. The van der Waals surface area contributed by atoms with Crippen LogP contribution < -0.4 is 10.1 Å². The third-order valence-electron chi connectivity index (χ3n) is 5.24. The summed E-state index contributed by atoms with van der Waals surface area (Å²) in [6, 6.07) is 6.73. The van der Waals surface area contributed by atoms with Crippen LogP contribution in [0.2, 0.25) is 0 Å². The molecule has 154 valence electrons. The molecule has 1 aromatic carbocycles. The lowest BCUT2D eigenvalue weighted by molar-refractivity contribution is -0.127. The smallest absolute Gasteiger partial charge is 0.258 e. The molecule has 0 fully saturated rings. The van der Waals surface area contributed by atoms with Crippen molar-refractivity contribution in [3.8, 4) is 5.75 Å². The SMILES string of the molecule is CC(C)[C@@H]1C/C=C\C[C@H](C)Oc2ccccc2C(=O)N(C)[C@H](C(C)C)C(=O)N1. The number of nitrogens with zero attached hydrogens (tertiary/aromatic N) is 1. The van der Waals surface area contributed by atoms with E-state index < -0.39 is 6.04 Å². The number of rotatable bonds is 2. The Bertz CT molecular complexity index is 712. The van der Waals surface area contributed by atoms with Crippen molar-refractivity contribution in [2.75, 3.05) is 7.05 Å². The number of carbonyl (C=O) groups is 2. The van der Waals surface area contributed by atoms with Gasteiger partial charge in [-0.15, -0.1) is 0 Å². The Morgan fingerprint density at radius 1 is 1.04 bits per heavy atom. The van der Waals surface area contributed by atoms with Gasteiger partial charge in [-0.1, -0.05) is 52.0 Å². The van der Waals surface area contributed by atoms with Gasteiger partial charge in [-0.25, -0.2) is 0 Å². The van der Waals surface area contributed by atoms with Crippen molar-refractivity contribution in [3.05, 3.63) is 42.0 Å². The minimum atomic E-state index is -0.550. The molecule has 5 heteroatoms. The number of benzene rings is 1. The van der Waals surface area contributed by atoms with Crippen LogP contribution in [-0.2, 0) is 4.79 Å². The van der Waals surface area contributed by atoms with Gasteiger partial charge in [0, 0.05) is 19.5 Å². The van der Waals surface area contributed by atoms with Crippen molar-refractivity contribution in [1.29, 1.82) is 0 Å². The summed E-state index contributed by atoms with van der Waals surface area (Å²) in [4.78, 5) is 27.9. The lowest BCUT2D eigenvalue weighted by atomic mass is 9.96. The van der Waals surface area contributed by atoms with Gasteiger partial charge in [0.2, 0.25) is 5.91 Å². The van der Waals surface area contributed by atoms with Gasteiger partial charge in [-0.05, 0) is 37.3 Å². The Morgan fingerprint density at radius 2 is 1.68 bits per heavy atom. The van der Waals surface area contributed by atoms with Crippen LogP contribution in [0.15, 0.2) is 36.4 Å². The standard InChI is InChI=1S/C23H34N2O3/c1-15(2)19-13-9-7-11-17(5)28-20-14-10-8-12-18(20)23(27)25(6)21(16(3)4)22(26)24-19/h7-10,12,14-17,19,21H,11,13H2,1-6H3,(H,24,26)/b9-7-/t17-,19-,21+/m0/s1. The molecular weight excluding hydrogens is 352 g/mol. The molecule has 0 aliphatic carbocycles. The molecule has 5 nitrogen and oxygen atoms in total. The molecule has 1 heterocycles. The Kier molecular flexibility index (Phi) is 7.67. The van der Waals surface area contributed by atoms with E-state index in [9.17, 15) is 9.59 Å². The van der Waals surface area contributed by atoms with Gasteiger partial charge in [0.15, 0.2) is 0 Å². The van der Waals surface area contributed by atoms with Crippen molar-refractivity contribution in [2.45, 2.75) is 65.6 Å². The van der Waals surface area contributed by atoms with Crippen LogP contribution in [-0.4, -0.2) is 41.9 Å². The first-order valence-corrected chi connectivity index (χ1v) is 10.2. The van der Waals surface area contributed by atoms with Crippen LogP contribution in [0.25, 0.3) is 0 Å². The van der Waals surface area contributed by atoms with Crippen LogP contribution in [0.1, 0.15) is 57.8 Å². The molecule has 1 aliphatic heterocycles. The number of fused-ring (bicyclic) bond motifs is 1. The van der Waals surface area contributed by atoms with Gasteiger partial charge in [0.1, 0.15) is 11.8 Å². The van der Waals surface area contributed by atoms with Crippen molar-refractivity contribution >= 4 is 11.8 Å². The quantitative estimate of drug-likeness (QED) is 0.781. The Balaban J connectivity index is 2.45. The normalized spacial score (nSPS) is 25.7. The van der Waals surface area contributed by atoms with E-state index in [1.165, 1.54) is 0 Å². The fourth-order valence-electron chi connectivity index (χ4n) is 3.55. The number of ether oxygens (including phenoxy) is 1. The zero-order chi connectivity index (χ0) is 20.8. The lowest BCUT2D eigenvalue weighted by Crippen LogP contribution is -2.53. The van der Waals surface area contributed by atoms with E-state index in [1.54, 1.807) is 18.0 Å². The van der Waals surface area contributed by atoms with Crippen LogP contribution in [0, 0.1) is 11.8 Å². The fourth-order valence-corrected chi connectivity index (χ4v) is 3.55. The van der Waals surface area contributed by atoms with E-state index in [4.69, 9.17) is 4.74 Å². The Hall–Kier alpha value is -2.30. The highest BCUT2D eigenvalue weighted by atomic mass is 16.5. The zero-order valence-electron chi connectivity index (χ0n) is 17.9. The average molecular weight is 387 g/mol. The highest BCUT2D eigenvalue weighted by Gasteiger charge is 2.33. The minimum Gasteiger partial charge on any atom is -0.490 e. The Morgan fingerprint density at radius 3 is 2.32 bits per heavy atom. The molecule has 1 N–H and O–H groups in total. The van der Waals surface area contributed by atoms with E-state index in [1.807, 2.05) is 39.0 Å². The first kappa shape index (κ1) is 22.0. The van der Waals surface area contributed by atoms with Gasteiger partial charge in [-0.3, -0.25) is 9.59 Å².